The second-order valence-corrected chi connectivity index (χ2v) is 6.30. The molecular formula is C15H23NOS. The van der Waals surface area contributed by atoms with Crippen LogP contribution in [0.25, 0.3) is 0 Å². The van der Waals surface area contributed by atoms with E-state index in [9.17, 15) is 4.79 Å². The Labute approximate surface area is 114 Å². The maximum absolute atomic E-state index is 12.7. The van der Waals surface area contributed by atoms with Gasteiger partial charge in [0.05, 0.1) is 0 Å². The van der Waals surface area contributed by atoms with Crippen molar-refractivity contribution in [1.82, 2.24) is 4.90 Å². The zero-order valence-electron chi connectivity index (χ0n) is 11.6. The second kappa shape index (κ2) is 5.54. The lowest BCUT2D eigenvalue weighted by molar-refractivity contribution is -0.136. The van der Waals surface area contributed by atoms with Crippen LogP contribution in [0.1, 0.15) is 51.3 Å². The molecule has 1 aromatic heterocycles. The SMILES string of the molecule is CCN(C(C)C)C1(c2cccs2)CCCCC1=O. The van der Waals surface area contributed by atoms with Gasteiger partial charge in [-0.25, -0.2) is 0 Å². The number of likely N-dealkylation sites (N-methyl/N-ethyl adjacent to an activating group) is 1. The van der Waals surface area contributed by atoms with Gasteiger partial charge in [-0.3, -0.25) is 9.69 Å². The maximum Gasteiger partial charge on any atom is 0.158 e. The molecule has 0 radical (unpaired) electrons. The Morgan fingerprint density at radius 1 is 1.44 bits per heavy atom. The second-order valence-electron chi connectivity index (χ2n) is 5.35. The summed E-state index contributed by atoms with van der Waals surface area (Å²) < 4.78 is 0. The third-order valence-corrected chi connectivity index (χ3v) is 5.06. The van der Waals surface area contributed by atoms with Crippen molar-refractivity contribution in [2.45, 2.75) is 58.0 Å². The Morgan fingerprint density at radius 2 is 2.22 bits per heavy atom. The number of rotatable bonds is 4. The fraction of sp³-hybridized carbons (Fsp3) is 0.667. The first-order chi connectivity index (χ1) is 8.63. The highest BCUT2D eigenvalue weighted by Crippen LogP contribution is 2.42. The van der Waals surface area contributed by atoms with E-state index >= 15 is 0 Å². The normalized spacial score (nSPS) is 25.1. The van der Waals surface area contributed by atoms with E-state index < -0.39 is 0 Å². The molecule has 18 heavy (non-hydrogen) atoms. The largest absolute Gasteiger partial charge is 0.297 e. The minimum absolute atomic E-state index is 0.338. The summed E-state index contributed by atoms with van der Waals surface area (Å²) in [7, 11) is 0. The van der Waals surface area contributed by atoms with Crippen LogP contribution in [0.2, 0.25) is 0 Å². The minimum atomic E-state index is -0.338. The highest BCUT2D eigenvalue weighted by Gasteiger charge is 2.47. The molecule has 1 unspecified atom stereocenters. The van der Waals surface area contributed by atoms with Crippen LogP contribution < -0.4 is 0 Å². The molecule has 1 fully saturated rings. The number of carbonyl (C=O) groups excluding carboxylic acids is 1. The predicted molar refractivity (Wildman–Crippen MR) is 77.0 cm³/mol. The Bertz CT molecular complexity index is 399. The quantitative estimate of drug-likeness (QED) is 0.825. The van der Waals surface area contributed by atoms with Crippen LogP contribution in [0, 0.1) is 0 Å². The van der Waals surface area contributed by atoms with Gasteiger partial charge in [-0.1, -0.05) is 19.4 Å². The zero-order chi connectivity index (χ0) is 13.2. The van der Waals surface area contributed by atoms with Crippen LogP contribution in [0.3, 0.4) is 0 Å². The first-order valence-corrected chi connectivity index (χ1v) is 7.85. The van der Waals surface area contributed by atoms with Crippen LogP contribution in [-0.2, 0) is 10.3 Å². The van der Waals surface area contributed by atoms with E-state index in [1.165, 1.54) is 4.88 Å². The van der Waals surface area contributed by atoms with Gasteiger partial charge in [0.1, 0.15) is 5.54 Å². The maximum atomic E-state index is 12.7. The van der Waals surface area contributed by atoms with Gasteiger partial charge in [-0.05, 0) is 44.7 Å². The van der Waals surface area contributed by atoms with E-state index in [-0.39, 0.29) is 5.54 Å². The molecule has 100 valence electrons. The molecular weight excluding hydrogens is 242 g/mol. The van der Waals surface area contributed by atoms with Crippen molar-refractivity contribution in [2.24, 2.45) is 0 Å². The monoisotopic (exact) mass is 265 g/mol. The molecule has 0 spiro atoms. The summed E-state index contributed by atoms with van der Waals surface area (Å²) in [6.07, 6.45) is 3.94. The lowest BCUT2D eigenvalue weighted by atomic mass is 9.77. The third kappa shape index (κ3) is 2.14. The number of thiophene rings is 1. The summed E-state index contributed by atoms with van der Waals surface area (Å²) in [6, 6.07) is 4.61. The fourth-order valence-corrected chi connectivity index (χ4v) is 4.30. The summed E-state index contributed by atoms with van der Waals surface area (Å²) >= 11 is 1.73. The Balaban J connectivity index is 2.48. The van der Waals surface area contributed by atoms with Gasteiger partial charge in [0.2, 0.25) is 0 Å². The van der Waals surface area contributed by atoms with Crippen molar-refractivity contribution < 1.29 is 4.79 Å². The fourth-order valence-electron chi connectivity index (χ4n) is 3.31. The Morgan fingerprint density at radius 3 is 2.72 bits per heavy atom. The summed E-state index contributed by atoms with van der Waals surface area (Å²) in [5.41, 5.74) is -0.338. The molecule has 3 heteroatoms. The van der Waals surface area contributed by atoms with Gasteiger partial charge in [-0.15, -0.1) is 11.3 Å². The molecule has 1 aromatic rings. The van der Waals surface area contributed by atoms with E-state index in [1.54, 1.807) is 11.3 Å². The third-order valence-electron chi connectivity index (χ3n) is 4.04. The molecule has 1 aliphatic rings. The molecule has 2 nitrogen and oxygen atoms in total. The van der Waals surface area contributed by atoms with Crippen LogP contribution in [0.4, 0.5) is 0 Å². The van der Waals surface area contributed by atoms with Crippen LogP contribution >= 0.6 is 11.3 Å². The molecule has 0 bridgehead atoms. The van der Waals surface area contributed by atoms with Crippen LogP contribution in [0.15, 0.2) is 17.5 Å². The summed E-state index contributed by atoms with van der Waals surface area (Å²) in [6.45, 7) is 7.49. The molecule has 0 aliphatic heterocycles. The van der Waals surface area contributed by atoms with Gasteiger partial charge in [-0.2, -0.15) is 0 Å². The Hall–Kier alpha value is -0.670. The summed E-state index contributed by atoms with van der Waals surface area (Å²) in [4.78, 5) is 16.3. The van der Waals surface area contributed by atoms with Crippen molar-refractivity contribution >= 4 is 17.1 Å². The molecule has 1 aliphatic carbocycles. The first kappa shape index (κ1) is 13.8. The van der Waals surface area contributed by atoms with Gasteiger partial charge in [0.15, 0.2) is 5.78 Å². The lowest BCUT2D eigenvalue weighted by Crippen LogP contribution is -2.55. The van der Waals surface area contributed by atoms with Crippen molar-refractivity contribution in [2.75, 3.05) is 6.54 Å². The highest BCUT2D eigenvalue weighted by atomic mass is 32.1. The average Bonchev–Trinajstić information content (AvgIpc) is 2.86. The standard InChI is InChI=1S/C15H23NOS/c1-4-16(12(2)3)15(14-9-7-11-18-14)10-6-5-8-13(15)17/h7,9,11-12H,4-6,8,10H2,1-3H3. The van der Waals surface area contributed by atoms with Crippen LogP contribution in [0.5, 0.6) is 0 Å². The zero-order valence-corrected chi connectivity index (χ0v) is 12.4. The van der Waals surface area contributed by atoms with Gasteiger partial charge < -0.3 is 0 Å². The van der Waals surface area contributed by atoms with Crippen molar-refractivity contribution in [3.63, 3.8) is 0 Å². The molecule has 0 aromatic carbocycles. The number of Topliss-reactive ketones (excluding diaryl/α,β-unsaturated/α-hetero) is 1. The van der Waals surface area contributed by atoms with Crippen LogP contribution in [-0.4, -0.2) is 23.3 Å². The predicted octanol–water partition coefficient (Wildman–Crippen LogP) is 3.82. The van der Waals surface area contributed by atoms with Gasteiger partial charge in [0.25, 0.3) is 0 Å². The summed E-state index contributed by atoms with van der Waals surface area (Å²) in [5.74, 6) is 0.423. The number of ketones is 1. The van der Waals surface area contributed by atoms with E-state index in [0.29, 0.717) is 11.8 Å². The molecule has 1 heterocycles. The minimum Gasteiger partial charge on any atom is -0.297 e. The van der Waals surface area contributed by atoms with E-state index in [0.717, 1.165) is 32.2 Å². The lowest BCUT2D eigenvalue weighted by Gasteiger charge is -2.46. The van der Waals surface area contributed by atoms with E-state index in [4.69, 9.17) is 0 Å². The number of hydrogen-bond acceptors (Lipinski definition) is 3. The molecule has 0 amide bonds. The number of nitrogens with zero attached hydrogens (tertiary/aromatic N) is 1. The van der Waals surface area contributed by atoms with E-state index in [1.807, 2.05) is 0 Å². The number of carbonyl (C=O) groups is 1. The van der Waals surface area contributed by atoms with Crippen molar-refractivity contribution in [1.29, 1.82) is 0 Å². The first-order valence-electron chi connectivity index (χ1n) is 6.97. The highest BCUT2D eigenvalue weighted by molar-refractivity contribution is 7.10. The number of hydrogen-bond donors (Lipinski definition) is 0. The molecule has 0 saturated heterocycles. The molecule has 0 N–H and O–H groups in total. The van der Waals surface area contributed by atoms with Gasteiger partial charge >= 0.3 is 0 Å². The molecule has 1 saturated carbocycles. The Kier molecular flexibility index (Phi) is 4.23. The molecule has 2 rings (SSSR count). The smallest absolute Gasteiger partial charge is 0.158 e. The molecule has 1 atom stereocenters. The topological polar surface area (TPSA) is 20.3 Å². The summed E-state index contributed by atoms with van der Waals surface area (Å²) in [5, 5.41) is 2.09. The van der Waals surface area contributed by atoms with Crippen molar-refractivity contribution in [3.8, 4) is 0 Å². The van der Waals surface area contributed by atoms with E-state index in [2.05, 4.69) is 43.2 Å². The van der Waals surface area contributed by atoms with Crippen molar-refractivity contribution in [3.05, 3.63) is 22.4 Å². The van der Waals surface area contributed by atoms with Gasteiger partial charge in [0, 0.05) is 17.3 Å². The average molecular weight is 265 g/mol.